The molecule has 0 aliphatic heterocycles. The van der Waals surface area contributed by atoms with Crippen molar-refractivity contribution >= 4 is 11.3 Å². The maximum absolute atomic E-state index is 5.53. The summed E-state index contributed by atoms with van der Waals surface area (Å²) < 4.78 is 5.53. The minimum absolute atomic E-state index is 0.510. The molecule has 2 nitrogen and oxygen atoms in total. The van der Waals surface area contributed by atoms with Crippen LogP contribution in [0, 0.1) is 6.92 Å². The first-order valence-corrected chi connectivity index (χ1v) is 6.60. The molecule has 0 radical (unpaired) electrons. The first-order valence-electron chi connectivity index (χ1n) is 5.66. The van der Waals surface area contributed by atoms with Gasteiger partial charge in [-0.25, -0.2) is 0 Å². The number of nitrogens with one attached hydrogen (secondary N) is 1. The smallest absolute Gasteiger partial charge is 0.0604 e. The van der Waals surface area contributed by atoms with E-state index in [4.69, 9.17) is 4.74 Å². The number of rotatable bonds is 5. The third-order valence-electron chi connectivity index (χ3n) is 3.04. The highest BCUT2D eigenvalue weighted by Crippen LogP contribution is 2.24. The van der Waals surface area contributed by atoms with Gasteiger partial charge >= 0.3 is 0 Å². The van der Waals surface area contributed by atoms with E-state index in [-0.39, 0.29) is 0 Å². The first kappa shape index (κ1) is 11.1. The van der Waals surface area contributed by atoms with Crippen LogP contribution in [-0.4, -0.2) is 18.8 Å². The standard InChI is InChI=1S/C12H19NOS/c1-3-14-12-4-11(5-12)13-6-10-8-15-7-9(10)2/h7-8,11-13H,3-6H2,1-2H3. The van der Waals surface area contributed by atoms with E-state index in [0.717, 1.165) is 13.2 Å². The van der Waals surface area contributed by atoms with Gasteiger partial charge in [-0.05, 0) is 48.6 Å². The molecular formula is C12H19NOS. The summed E-state index contributed by atoms with van der Waals surface area (Å²) >= 11 is 1.79. The van der Waals surface area contributed by atoms with Crippen molar-refractivity contribution in [3.63, 3.8) is 0 Å². The Balaban J connectivity index is 1.66. The molecule has 0 bridgehead atoms. The van der Waals surface area contributed by atoms with Gasteiger partial charge in [0.15, 0.2) is 0 Å². The number of hydrogen-bond donors (Lipinski definition) is 1. The lowest BCUT2D eigenvalue weighted by atomic mass is 9.89. The predicted molar refractivity (Wildman–Crippen MR) is 64.3 cm³/mol. The summed E-state index contributed by atoms with van der Waals surface area (Å²) in [6, 6.07) is 0.667. The summed E-state index contributed by atoms with van der Waals surface area (Å²) in [5.41, 5.74) is 2.85. The fourth-order valence-electron chi connectivity index (χ4n) is 1.93. The van der Waals surface area contributed by atoms with E-state index in [0.29, 0.717) is 12.1 Å². The Morgan fingerprint density at radius 3 is 2.87 bits per heavy atom. The highest BCUT2D eigenvalue weighted by atomic mass is 32.1. The van der Waals surface area contributed by atoms with Gasteiger partial charge in [0.05, 0.1) is 6.10 Å². The van der Waals surface area contributed by atoms with Crippen molar-refractivity contribution in [2.45, 2.75) is 45.4 Å². The molecule has 1 aromatic heterocycles. The molecule has 0 amide bonds. The van der Waals surface area contributed by atoms with Crippen molar-refractivity contribution in [2.75, 3.05) is 6.61 Å². The van der Waals surface area contributed by atoms with E-state index in [1.165, 1.54) is 24.0 Å². The molecule has 0 aromatic carbocycles. The molecule has 1 aliphatic carbocycles. The van der Waals surface area contributed by atoms with Crippen LogP contribution in [0.4, 0.5) is 0 Å². The summed E-state index contributed by atoms with van der Waals surface area (Å²) in [4.78, 5) is 0. The van der Waals surface area contributed by atoms with Crippen LogP contribution < -0.4 is 5.32 Å². The number of thiophene rings is 1. The summed E-state index contributed by atoms with van der Waals surface area (Å²) in [5.74, 6) is 0. The molecule has 1 heterocycles. The molecule has 1 fully saturated rings. The quantitative estimate of drug-likeness (QED) is 0.832. The van der Waals surface area contributed by atoms with Crippen LogP contribution >= 0.6 is 11.3 Å². The van der Waals surface area contributed by atoms with Crippen LogP contribution in [0.2, 0.25) is 0 Å². The maximum atomic E-state index is 5.53. The van der Waals surface area contributed by atoms with Gasteiger partial charge in [-0.3, -0.25) is 0 Å². The lowest BCUT2D eigenvalue weighted by molar-refractivity contribution is -0.0102. The zero-order chi connectivity index (χ0) is 10.7. The Bertz CT molecular complexity index is 304. The molecule has 0 atom stereocenters. The second-order valence-electron chi connectivity index (χ2n) is 4.21. The average Bonchev–Trinajstić information content (AvgIpc) is 2.55. The van der Waals surface area contributed by atoms with E-state index in [1.54, 1.807) is 11.3 Å². The van der Waals surface area contributed by atoms with E-state index >= 15 is 0 Å². The minimum Gasteiger partial charge on any atom is -0.378 e. The molecule has 1 aromatic rings. The molecule has 1 saturated carbocycles. The molecule has 1 N–H and O–H groups in total. The van der Waals surface area contributed by atoms with Gasteiger partial charge in [0.25, 0.3) is 0 Å². The SMILES string of the molecule is CCOC1CC(NCc2cscc2C)C1. The Morgan fingerprint density at radius 1 is 1.47 bits per heavy atom. The van der Waals surface area contributed by atoms with Crippen molar-refractivity contribution in [1.29, 1.82) is 0 Å². The average molecular weight is 225 g/mol. The normalized spacial score (nSPS) is 25.2. The van der Waals surface area contributed by atoms with Crippen LogP contribution in [0.1, 0.15) is 30.9 Å². The number of aryl methyl sites for hydroxylation is 1. The third-order valence-corrected chi connectivity index (χ3v) is 3.95. The van der Waals surface area contributed by atoms with Gasteiger partial charge in [-0.15, -0.1) is 0 Å². The Morgan fingerprint density at radius 2 is 2.27 bits per heavy atom. The molecule has 0 saturated heterocycles. The number of ether oxygens (including phenoxy) is 1. The molecule has 3 heteroatoms. The Labute approximate surface area is 95.6 Å². The fourth-order valence-corrected chi connectivity index (χ4v) is 2.78. The lowest BCUT2D eigenvalue weighted by Crippen LogP contribution is -2.45. The lowest BCUT2D eigenvalue weighted by Gasteiger charge is -2.35. The van der Waals surface area contributed by atoms with Gasteiger partial charge in [0.2, 0.25) is 0 Å². The number of hydrogen-bond acceptors (Lipinski definition) is 3. The largest absolute Gasteiger partial charge is 0.378 e. The summed E-state index contributed by atoms with van der Waals surface area (Å²) in [6.07, 6.45) is 2.87. The Hall–Kier alpha value is -0.380. The van der Waals surface area contributed by atoms with Gasteiger partial charge in [0, 0.05) is 19.2 Å². The summed E-state index contributed by atoms with van der Waals surface area (Å²) in [6.45, 7) is 6.10. The van der Waals surface area contributed by atoms with Gasteiger partial charge in [-0.1, -0.05) is 0 Å². The molecule has 15 heavy (non-hydrogen) atoms. The Kier molecular flexibility index (Phi) is 3.78. The molecule has 2 rings (SSSR count). The van der Waals surface area contributed by atoms with Gasteiger partial charge < -0.3 is 10.1 Å². The van der Waals surface area contributed by atoms with Crippen LogP contribution in [0.3, 0.4) is 0 Å². The molecular weight excluding hydrogens is 206 g/mol. The minimum atomic E-state index is 0.510. The van der Waals surface area contributed by atoms with Crippen molar-refractivity contribution < 1.29 is 4.74 Å². The van der Waals surface area contributed by atoms with Crippen LogP contribution in [-0.2, 0) is 11.3 Å². The zero-order valence-corrected chi connectivity index (χ0v) is 10.3. The van der Waals surface area contributed by atoms with E-state index in [1.807, 2.05) is 0 Å². The highest BCUT2D eigenvalue weighted by Gasteiger charge is 2.28. The van der Waals surface area contributed by atoms with E-state index in [2.05, 4.69) is 29.9 Å². The second kappa shape index (κ2) is 5.10. The van der Waals surface area contributed by atoms with E-state index < -0.39 is 0 Å². The van der Waals surface area contributed by atoms with Crippen LogP contribution in [0.25, 0.3) is 0 Å². The zero-order valence-electron chi connectivity index (χ0n) is 9.45. The molecule has 1 aliphatic rings. The van der Waals surface area contributed by atoms with Crippen molar-refractivity contribution in [1.82, 2.24) is 5.32 Å². The molecule has 84 valence electrons. The summed E-state index contributed by atoms with van der Waals surface area (Å²) in [5, 5.41) is 8.02. The fraction of sp³-hybridized carbons (Fsp3) is 0.667. The van der Waals surface area contributed by atoms with Crippen molar-refractivity contribution in [3.05, 3.63) is 21.9 Å². The second-order valence-corrected chi connectivity index (χ2v) is 4.95. The van der Waals surface area contributed by atoms with Crippen LogP contribution in [0.5, 0.6) is 0 Å². The van der Waals surface area contributed by atoms with Crippen LogP contribution in [0.15, 0.2) is 10.8 Å². The maximum Gasteiger partial charge on any atom is 0.0604 e. The van der Waals surface area contributed by atoms with Gasteiger partial charge in [-0.2, -0.15) is 11.3 Å². The van der Waals surface area contributed by atoms with Gasteiger partial charge in [0.1, 0.15) is 0 Å². The molecule has 0 spiro atoms. The molecule has 0 unspecified atom stereocenters. The third kappa shape index (κ3) is 2.80. The van der Waals surface area contributed by atoms with Crippen molar-refractivity contribution in [3.8, 4) is 0 Å². The topological polar surface area (TPSA) is 21.3 Å². The van der Waals surface area contributed by atoms with E-state index in [9.17, 15) is 0 Å². The summed E-state index contributed by atoms with van der Waals surface area (Å²) in [7, 11) is 0. The predicted octanol–water partition coefficient (Wildman–Crippen LogP) is 2.71. The highest BCUT2D eigenvalue weighted by molar-refractivity contribution is 7.08. The monoisotopic (exact) mass is 225 g/mol. The first-order chi connectivity index (χ1) is 7.29. The van der Waals surface area contributed by atoms with Crippen molar-refractivity contribution in [2.24, 2.45) is 0 Å².